The molecule has 0 N–H and O–H groups in total. The van der Waals surface area contributed by atoms with Gasteiger partial charge >= 0.3 is 6.09 Å². The van der Waals surface area contributed by atoms with Gasteiger partial charge in [-0.1, -0.05) is 17.7 Å². The normalized spacial score (nSPS) is 19.0. The Morgan fingerprint density at radius 2 is 2.10 bits per heavy atom. The second-order valence-electron chi connectivity index (χ2n) is 6.06. The highest BCUT2D eigenvalue weighted by Crippen LogP contribution is 2.31. The van der Waals surface area contributed by atoms with Crippen LogP contribution in [-0.4, -0.2) is 29.0 Å². The smallest absolute Gasteiger partial charge is 0.417 e. The van der Waals surface area contributed by atoms with Gasteiger partial charge in [0, 0.05) is 22.5 Å². The Balaban J connectivity index is 2.12. The largest absolute Gasteiger partial charge is 0.443 e. The molecule has 1 saturated heterocycles. The molecule has 1 heterocycles. The van der Waals surface area contributed by atoms with Crippen molar-refractivity contribution in [3.05, 3.63) is 32.4 Å². The maximum atomic E-state index is 12.0. The summed E-state index contributed by atoms with van der Waals surface area (Å²) in [5.41, 5.74) is 0.411. The van der Waals surface area contributed by atoms with Crippen LogP contribution in [0.5, 0.6) is 0 Å². The first-order valence-electron chi connectivity index (χ1n) is 6.65. The van der Waals surface area contributed by atoms with Crippen molar-refractivity contribution >= 4 is 46.2 Å². The minimum absolute atomic E-state index is 0.00389. The van der Waals surface area contributed by atoms with Gasteiger partial charge in [0.25, 0.3) is 0 Å². The van der Waals surface area contributed by atoms with Crippen molar-refractivity contribution in [1.82, 2.24) is 4.90 Å². The number of halogens is 2. The molecular formula is C15H17ClINO3. The van der Waals surface area contributed by atoms with Gasteiger partial charge in [0.1, 0.15) is 5.60 Å². The molecule has 1 aromatic rings. The van der Waals surface area contributed by atoms with Crippen LogP contribution in [0.1, 0.15) is 38.7 Å². The molecule has 1 aromatic carbocycles. The lowest BCUT2D eigenvalue weighted by Gasteiger charge is -2.23. The number of rotatable bonds is 1. The topological polar surface area (TPSA) is 46.6 Å². The lowest BCUT2D eigenvalue weighted by Crippen LogP contribution is -2.37. The minimum atomic E-state index is -0.606. The Labute approximate surface area is 142 Å². The predicted molar refractivity (Wildman–Crippen MR) is 89.5 cm³/mol. The van der Waals surface area contributed by atoms with E-state index in [4.69, 9.17) is 16.3 Å². The van der Waals surface area contributed by atoms with E-state index in [1.165, 1.54) is 4.90 Å². The zero-order valence-electron chi connectivity index (χ0n) is 12.2. The Kier molecular flexibility index (Phi) is 4.82. The van der Waals surface area contributed by atoms with Crippen LogP contribution >= 0.6 is 34.2 Å². The SMILES string of the molecule is CC(C)(C)OC(=O)N1C[C@@H](c2ccc(Cl)c(I)c2)CC1=O. The number of ether oxygens (including phenoxy) is 1. The molecule has 114 valence electrons. The summed E-state index contributed by atoms with van der Waals surface area (Å²) in [6, 6.07) is 5.68. The van der Waals surface area contributed by atoms with E-state index in [-0.39, 0.29) is 11.8 Å². The molecular weight excluding hydrogens is 405 g/mol. The molecule has 0 saturated carbocycles. The quantitative estimate of drug-likeness (QED) is 0.639. The molecule has 0 spiro atoms. The van der Waals surface area contributed by atoms with Crippen molar-refractivity contribution in [2.75, 3.05) is 6.54 Å². The second kappa shape index (κ2) is 6.12. The van der Waals surface area contributed by atoms with Gasteiger partial charge in [-0.3, -0.25) is 4.79 Å². The van der Waals surface area contributed by atoms with Gasteiger partial charge in [-0.2, -0.15) is 0 Å². The monoisotopic (exact) mass is 421 g/mol. The fourth-order valence-corrected chi connectivity index (χ4v) is 2.85. The molecule has 2 amide bonds. The van der Waals surface area contributed by atoms with E-state index < -0.39 is 11.7 Å². The first-order valence-corrected chi connectivity index (χ1v) is 8.11. The lowest BCUT2D eigenvalue weighted by molar-refractivity contribution is -0.126. The number of hydrogen-bond acceptors (Lipinski definition) is 3. The van der Waals surface area contributed by atoms with Crippen molar-refractivity contribution < 1.29 is 14.3 Å². The molecule has 0 bridgehead atoms. The summed E-state index contributed by atoms with van der Waals surface area (Å²) in [5.74, 6) is -0.199. The average Bonchev–Trinajstić information content (AvgIpc) is 2.73. The van der Waals surface area contributed by atoms with Gasteiger partial charge in [0.2, 0.25) is 5.91 Å². The molecule has 1 atom stereocenters. The number of imide groups is 1. The highest BCUT2D eigenvalue weighted by Gasteiger charge is 2.37. The van der Waals surface area contributed by atoms with Gasteiger partial charge < -0.3 is 4.74 Å². The molecule has 1 fully saturated rings. The summed E-state index contributed by atoms with van der Waals surface area (Å²) < 4.78 is 6.20. The standard InChI is InChI=1S/C15H17ClINO3/c1-15(2,3)21-14(20)18-8-10(7-13(18)19)9-4-5-11(16)12(17)6-9/h4-6,10H,7-8H2,1-3H3/t10-/m0/s1. The summed E-state index contributed by atoms with van der Waals surface area (Å²) in [7, 11) is 0. The third-order valence-corrected chi connectivity index (χ3v) is 4.69. The van der Waals surface area contributed by atoms with Gasteiger partial charge in [-0.25, -0.2) is 9.69 Å². The summed E-state index contributed by atoms with van der Waals surface area (Å²) in [4.78, 5) is 25.3. The van der Waals surface area contributed by atoms with E-state index in [1.807, 2.05) is 18.2 Å². The third kappa shape index (κ3) is 4.10. The first-order chi connectivity index (χ1) is 9.67. The zero-order valence-corrected chi connectivity index (χ0v) is 15.1. The van der Waals surface area contributed by atoms with Crippen molar-refractivity contribution in [2.24, 2.45) is 0 Å². The summed E-state index contributed by atoms with van der Waals surface area (Å²) in [5, 5.41) is 0.688. The number of hydrogen-bond donors (Lipinski definition) is 0. The lowest BCUT2D eigenvalue weighted by atomic mass is 9.98. The van der Waals surface area contributed by atoms with E-state index in [1.54, 1.807) is 20.8 Å². The molecule has 0 aromatic heterocycles. The van der Waals surface area contributed by atoms with Crippen LogP contribution in [0.3, 0.4) is 0 Å². The van der Waals surface area contributed by atoms with Gasteiger partial charge in [-0.15, -0.1) is 0 Å². The van der Waals surface area contributed by atoms with Crippen molar-refractivity contribution in [3.63, 3.8) is 0 Å². The molecule has 0 radical (unpaired) electrons. The van der Waals surface area contributed by atoms with E-state index in [0.29, 0.717) is 18.0 Å². The number of nitrogens with zero attached hydrogens (tertiary/aromatic N) is 1. The summed E-state index contributed by atoms with van der Waals surface area (Å²) in [6.45, 7) is 5.70. The highest BCUT2D eigenvalue weighted by molar-refractivity contribution is 14.1. The Morgan fingerprint density at radius 1 is 1.43 bits per heavy atom. The van der Waals surface area contributed by atoms with E-state index in [9.17, 15) is 9.59 Å². The van der Waals surface area contributed by atoms with Crippen LogP contribution in [0, 0.1) is 3.57 Å². The zero-order chi connectivity index (χ0) is 15.8. The second-order valence-corrected chi connectivity index (χ2v) is 7.63. The fraction of sp³-hybridized carbons (Fsp3) is 0.467. The molecule has 1 aliphatic heterocycles. The van der Waals surface area contributed by atoms with Crippen LogP contribution in [0.4, 0.5) is 4.79 Å². The van der Waals surface area contributed by atoms with E-state index >= 15 is 0 Å². The van der Waals surface area contributed by atoms with Crippen LogP contribution in [0.15, 0.2) is 18.2 Å². The Morgan fingerprint density at radius 3 is 2.67 bits per heavy atom. The number of carbonyl (C=O) groups is 2. The van der Waals surface area contributed by atoms with E-state index in [2.05, 4.69) is 22.6 Å². The third-order valence-electron chi connectivity index (χ3n) is 3.15. The maximum Gasteiger partial charge on any atom is 0.417 e. The van der Waals surface area contributed by atoms with Crippen LogP contribution in [-0.2, 0) is 9.53 Å². The number of carbonyl (C=O) groups excluding carboxylic acids is 2. The van der Waals surface area contributed by atoms with Crippen LogP contribution in [0.2, 0.25) is 5.02 Å². The first kappa shape index (κ1) is 16.5. The number of likely N-dealkylation sites (tertiary alicyclic amines) is 1. The number of amides is 2. The summed E-state index contributed by atoms with van der Waals surface area (Å²) >= 11 is 8.16. The van der Waals surface area contributed by atoms with Gasteiger partial charge in [0.05, 0.1) is 5.02 Å². The molecule has 0 aliphatic carbocycles. The maximum absolute atomic E-state index is 12.0. The predicted octanol–water partition coefficient (Wildman–Crippen LogP) is 4.20. The van der Waals surface area contributed by atoms with Crippen molar-refractivity contribution in [2.45, 2.75) is 38.7 Å². The Hall–Kier alpha value is -0.820. The van der Waals surface area contributed by atoms with Crippen molar-refractivity contribution in [1.29, 1.82) is 0 Å². The molecule has 6 heteroatoms. The van der Waals surface area contributed by atoms with Crippen LogP contribution < -0.4 is 0 Å². The molecule has 4 nitrogen and oxygen atoms in total. The Bertz CT molecular complexity index is 583. The molecule has 2 rings (SSSR count). The molecule has 0 unspecified atom stereocenters. The minimum Gasteiger partial charge on any atom is -0.443 e. The molecule has 21 heavy (non-hydrogen) atoms. The van der Waals surface area contributed by atoms with Gasteiger partial charge in [0.15, 0.2) is 0 Å². The summed E-state index contributed by atoms with van der Waals surface area (Å²) in [6.07, 6.45) is -0.254. The highest BCUT2D eigenvalue weighted by atomic mass is 127. The van der Waals surface area contributed by atoms with Crippen LogP contribution in [0.25, 0.3) is 0 Å². The average molecular weight is 422 g/mol. The van der Waals surface area contributed by atoms with E-state index in [0.717, 1.165) is 9.13 Å². The van der Waals surface area contributed by atoms with Gasteiger partial charge in [-0.05, 0) is 61.1 Å². The van der Waals surface area contributed by atoms with Crippen molar-refractivity contribution in [3.8, 4) is 0 Å². The fourth-order valence-electron chi connectivity index (χ4n) is 2.19. The molecule has 1 aliphatic rings. The number of benzene rings is 1.